The van der Waals surface area contributed by atoms with E-state index >= 15 is 0 Å². The topological polar surface area (TPSA) is 3.88 Å². The van der Waals surface area contributed by atoms with Crippen molar-refractivity contribution in [1.82, 2.24) is 0 Å². The lowest BCUT2D eigenvalue weighted by Gasteiger charge is -2.03. The molecule has 1 aromatic heterocycles. The van der Waals surface area contributed by atoms with Crippen LogP contribution in [0.3, 0.4) is 0 Å². The van der Waals surface area contributed by atoms with Crippen LogP contribution in [0, 0.1) is 6.92 Å². The van der Waals surface area contributed by atoms with E-state index in [0.717, 1.165) is 0 Å². The summed E-state index contributed by atoms with van der Waals surface area (Å²) in [5.41, 5.74) is 1.31. The SMILES string of the molecule is Cc1c2cc3ccccc3cc2cc[n+]1C. The molecule has 0 unspecified atom stereocenters. The zero-order valence-electron chi connectivity index (χ0n) is 9.57. The van der Waals surface area contributed by atoms with Gasteiger partial charge in [0.05, 0.1) is 0 Å². The summed E-state index contributed by atoms with van der Waals surface area (Å²) in [6.45, 7) is 2.16. The van der Waals surface area contributed by atoms with Crippen molar-refractivity contribution in [2.24, 2.45) is 7.05 Å². The minimum absolute atomic E-state index is 1.31. The number of aromatic nitrogens is 1. The van der Waals surface area contributed by atoms with Gasteiger partial charge in [0, 0.05) is 18.4 Å². The molecule has 0 bridgehead atoms. The Morgan fingerprint density at radius 1 is 0.875 bits per heavy atom. The van der Waals surface area contributed by atoms with Crippen molar-refractivity contribution in [3.8, 4) is 0 Å². The highest BCUT2D eigenvalue weighted by Crippen LogP contribution is 2.23. The summed E-state index contributed by atoms with van der Waals surface area (Å²) in [6, 6.07) is 15.2. The van der Waals surface area contributed by atoms with Crippen LogP contribution in [0.25, 0.3) is 21.5 Å². The van der Waals surface area contributed by atoms with Gasteiger partial charge in [-0.25, -0.2) is 4.57 Å². The molecule has 0 saturated carbocycles. The predicted molar refractivity (Wildman–Crippen MR) is 67.4 cm³/mol. The number of rotatable bonds is 0. The quantitative estimate of drug-likeness (QED) is 0.395. The molecule has 0 aliphatic rings. The Bertz CT molecular complexity index is 683. The van der Waals surface area contributed by atoms with E-state index in [9.17, 15) is 0 Å². The number of aryl methyl sites for hydroxylation is 2. The van der Waals surface area contributed by atoms with E-state index in [1.54, 1.807) is 0 Å². The number of benzene rings is 2. The van der Waals surface area contributed by atoms with Crippen molar-refractivity contribution >= 4 is 21.5 Å². The molecule has 78 valence electrons. The van der Waals surface area contributed by atoms with Crippen LogP contribution in [-0.2, 0) is 7.05 Å². The smallest absolute Gasteiger partial charge is 0.185 e. The standard InChI is InChI=1S/C15H14N/c1-11-15-10-13-6-4-3-5-12(13)9-14(15)7-8-16(11)2/h3-10H,1-2H3/q+1. The highest BCUT2D eigenvalue weighted by Gasteiger charge is 2.07. The van der Waals surface area contributed by atoms with Crippen molar-refractivity contribution in [2.45, 2.75) is 6.92 Å². The molecule has 16 heavy (non-hydrogen) atoms. The Kier molecular flexibility index (Phi) is 1.93. The van der Waals surface area contributed by atoms with Gasteiger partial charge in [-0.05, 0) is 28.3 Å². The van der Waals surface area contributed by atoms with E-state index in [1.807, 2.05) is 0 Å². The molecule has 0 aliphatic carbocycles. The third kappa shape index (κ3) is 1.28. The van der Waals surface area contributed by atoms with Gasteiger partial charge in [0.15, 0.2) is 11.9 Å². The molecule has 0 radical (unpaired) electrons. The van der Waals surface area contributed by atoms with E-state index in [4.69, 9.17) is 0 Å². The van der Waals surface area contributed by atoms with Crippen LogP contribution < -0.4 is 4.57 Å². The highest BCUT2D eigenvalue weighted by atomic mass is 14.9. The number of hydrogen-bond acceptors (Lipinski definition) is 0. The molecule has 2 aromatic carbocycles. The van der Waals surface area contributed by atoms with Gasteiger partial charge in [-0.15, -0.1) is 0 Å². The van der Waals surface area contributed by atoms with E-state index in [2.05, 4.69) is 67.2 Å². The van der Waals surface area contributed by atoms with E-state index in [1.165, 1.54) is 27.2 Å². The van der Waals surface area contributed by atoms with Gasteiger partial charge in [-0.2, -0.15) is 0 Å². The summed E-state index contributed by atoms with van der Waals surface area (Å²) >= 11 is 0. The second-order valence-corrected chi connectivity index (χ2v) is 4.30. The van der Waals surface area contributed by atoms with Crippen molar-refractivity contribution in [3.63, 3.8) is 0 Å². The van der Waals surface area contributed by atoms with Gasteiger partial charge in [-0.1, -0.05) is 24.3 Å². The molecular formula is C15H14N+. The third-order valence-corrected chi connectivity index (χ3v) is 3.31. The lowest BCUT2D eigenvalue weighted by molar-refractivity contribution is -0.676. The Labute approximate surface area is 95.0 Å². The van der Waals surface area contributed by atoms with Crippen LogP contribution in [-0.4, -0.2) is 0 Å². The van der Waals surface area contributed by atoms with Crippen LogP contribution in [0.2, 0.25) is 0 Å². The van der Waals surface area contributed by atoms with Crippen molar-refractivity contribution in [3.05, 3.63) is 54.4 Å². The minimum atomic E-state index is 1.31. The second-order valence-electron chi connectivity index (χ2n) is 4.30. The summed E-state index contributed by atoms with van der Waals surface area (Å²) in [5.74, 6) is 0. The fourth-order valence-electron chi connectivity index (χ4n) is 2.20. The van der Waals surface area contributed by atoms with Gasteiger partial charge in [0.25, 0.3) is 0 Å². The molecule has 1 heterocycles. The molecule has 0 amide bonds. The first-order chi connectivity index (χ1) is 7.75. The number of pyridine rings is 1. The fraction of sp³-hybridized carbons (Fsp3) is 0.133. The van der Waals surface area contributed by atoms with E-state index in [-0.39, 0.29) is 0 Å². The summed E-state index contributed by atoms with van der Waals surface area (Å²) < 4.78 is 2.16. The normalized spacial score (nSPS) is 11.1. The zero-order chi connectivity index (χ0) is 11.1. The Morgan fingerprint density at radius 2 is 1.56 bits per heavy atom. The lowest BCUT2D eigenvalue weighted by Crippen LogP contribution is -2.31. The van der Waals surface area contributed by atoms with Crippen molar-refractivity contribution < 1.29 is 4.57 Å². The van der Waals surface area contributed by atoms with Gasteiger partial charge in [-0.3, -0.25) is 0 Å². The van der Waals surface area contributed by atoms with E-state index in [0.29, 0.717) is 0 Å². The largest absolute Gasteiger partial charge is 0.205 e. The average Bonchev–Trinajstić information content (AvgIpc) is 2.32. The maximum absolute atomic E-state index is 2.28. The maximum Gasteiger partial charge on any atom is 0.185 e. The first-order valence-corrected chi connectivity index (χ1v) is 5.53. The molecule has 0 spiro atoms. The molecule has 1 heteroatoms. The zero-order valence-corrected chi connectivity index (χ0v) is 9.57. The summed E-state index contributed by atoms with van der Waals surface area (Å²) in [5, 5.41) is 5.27. The van der Waals surface area contributed by atoms with Crippen LogP contribution in [0.1, 0.15) is 5.69 Å². The molecular weight excluding hydrogens is 194 g/mol. The predicted octanol–water partition coefficient (Wildman–Crippen LogP) is 3.13. The van der Waals surface area contributed by atoms with E-state index < -0.39 is 0 Å². The second kappa shape index (κ2) is 3.31. The summed E-state index contributed by atoms with van der Waals surface area (Å²) in [7, 11) is 2.09. The number of nitrogens with zero attached hydrogens (tertiary/aromatic N) is 1. The minimum Gasteiger partial charge on any atom is -0.205 e. The van der Waals surface area contributed by atoms with Gasteiger partial charge >= 0.3 is 0 Å². The first kappa shape index (κ1) is 9.34. The number of hydrogen-bond donors (Lipinski definition) is 0. The fourth-order valence-corrected chi connectivity index (χ4v) is 2.20. The maximum atomic E-state index is 2.28. The monoisotopic (exact) mass is 208 g/mol. The van der Waals surface area contributed by atoms with Gasteiger partial charge in [0.2, 0.25) is 0 Å². The lowest BCUT2D eigenvalue weighted by atomic mass is 10.0. The van der Waals surface area contributed by atoms with Crippen LogP contribution in [0.5, 0.6) is 0 Å². The number of fused-ring (bicyclic) bond motifs is 2. The van der Waals surface area contributed by atoms with Gasteiger partial charge in [0.1, 0.15) is 7.05 Å². The molecule has 0 fully saturated rings. The van der Waals surface area contributed by atoms with Crippen LogP contribution in [0.4, 0.5) is 0 Å². The Balaban J connectivity index is 2.51. The Hall–Kier alpha value is -1.89. The molecule has 0 N–H and O–H groups in total. The molecule has 3 rings (SSSR count). The van der Waals surface area contributed by atoms with Crippen LogP contribution in [0.15, 0.2) is 48.7 Å². The molecule has 0 atom stereocenters. The van der Waals surface area contributed by atoms with Gasteiger partial charge < -0.3 is 0 Å². The molecule has 0 aliphatic heterocycles. The highest BCUT2D eigenvalue weighted by molar-refractivity contribution is 5.98. The summed E-state index contributed by atoms with van der Waals surface area (Å²) in [6.07, 6.45) is 2.12. The Morgan fingerprint density at radius 3 is 2.31 bits per heavy atom. The van der Waals surface area contributed by atoms with Crippen molar-refractivity contribution in [1.29, 1.82) is 0 Å². The van der Waals surface area contributed by atoms with Crippen LogP contribution >= 0.6 is 0 Å². The molecule has 1 nitrogen and oxygen atoms in total. The van der Waals surface area contributed by atoms with Crippen molar-refractivity contribution in [2.75, 3.05) is 0 Å². The molecule has 3 aromatic rings. The molecule has 0 saturated heterocycles. The third-order valence-electron chi connectivity index (χ3n) is 3.31. The first-order valence-electron chi connectivity index (χ1n) is 5.53. The summed E-state index contributed by atoms with van der Waals surface area (Å²) in [4.78, 5) is 0. The average molecular weight is 208 g/mol.